The third kappa shape index (κ3) is 2.36. The highest BCUT2D eigenvalue weighted by Crippen LogP contribution is 2.22. The van der Waals surface area contributed by atoms with Crippen LogP contribution in [0.4, 0.5) is 0 Å². The van der Waals surface area contributed by atoms with Gasteiger partial charge in [-0.1, -0.05) is 6.92 Å². The first-order valence-electron chi connectivity index (χ1n) is 5.95. The van der Waals surface area contributed by atoms with E-state index in [0.29, 0.717) is 12.4 Å². The van der Waals surface area contributed by atoms with Crippen LogP contribution < -0.4 is 5.73 Å². The van der Waals surface area contributed by atoms with E-state index in [1.165, 1.54) is 6.33 Å². The number of aryl methyl sites for hydroxylation is 2. The Labute approximate surface area is 107 Å². The Morgan fingerprint density at radius 2 is 1.89 bits per heavy atom. The van der Waals surface area contributed by atoms with Crippen LogP contribution in [0, 0.1) is 13.8 Å². The van der Waals surface area contributed by atoms with Gasteiger partial charge in [-0.2, -0.15) is 0 Å². The molecule has 0 radical (unpaired) electrons. The summed E-state index contributed by atoms with van der Waals surface area (Å²) in [5, 5.41) is 0. The second-order valence-corrected chi connectivity index (χ2v) is 4.36. The van der Waals surface area contributed by atoms with E-state index in [1.54, 1.807) is 12.3 Å². The summed E-state index contributed by atoms with van der Waals surface area (Å²) in [6, 6.07) is 1.81. The van der Waals surface area contributed by atoms with Gasteiger partial charge in [0, 0.05) is 17.6 Å². The van der Waals surface area contributed by atoms with E-state index in [1.807, 2.05) is 13.8 Å². The fourth-order valence-corrected chi connectivity index (χ4v) is 2.09. The smallest absolute Gasteiger partial charge is 0.178 e. The predicted molar refractivity (Wildman–Crippen MR) is 70.0 cm³/mol. The molecule has 1 atom stereocenters. The molecule has 0 aromatic carbocycles. The van der Waals surface area contributed by atoms with Crippen molar-refractivity contribution >= 4 is 0 Å². The van der Waals surface area contributed by atoms with Gasteiger partial charge in [0.2, 0.25) is 0 Å². The molecule has 2 aromatic rings. The molecule has 5 nitrogen and oxygen atoms in total. The predicted octanol–water partition coefficient (Wildman–Crippen LogP) is 1.61. The third-order valence-corrected chi connectivity index (χ3v) is 2.98. The van der Waals surface area contributed by atoms with Crippen molar-refractivity contribution in [2.75, 3.05) is 6.54 Å². The van der Waals surface area contributed by atoms with Gasteiger partial charge in [0.15, 0.2) is 5.82 Å². The largest absolute Gasteiger partial charge is 0.330 e. The van der Waals surface area contributed by atoms with E-state index in [-0.39, 0.29) is 5.92 Å². The number of nitrogens with two attached hydrogens (primary N) is 1. The summed E-state index contributed by atoms with van der Waals surface area (Å²) in [4.78, 5) is 17.1. The van der Waals surface area contributed by atoms with Crippen molar-refractivity contribution in [2.24, 2.45) is 5.73 Å². The maximum Gasteiger partial charge on any atom is 0.178 e. The zero-order chi connectivity index (χ0) is 13.1. The molecule has 0 bridgehead atoms. The molecule has 2 heterocycles. The molecule has 0 aliphatic rings. The Bertz CT molecular complexity index is 515. The fraction of sp³-hybridized carbons (Fsp3) is 0.385. The number of hydrogen-bond acceptors (Lipinski definition) is 5. The summed E-state index contributed by atoms with van der Waals surface area (Å²) in [6.07, 6.45) is 3.19. The van der Waals surface area contributed by atoms with Crippen LogP contribution in [0.2, 0.25) is 0 Å². The van der Waals surface area contributed by atoms with E-state index in [0.717, 1.165) is 22.6 Å². The zero-order valence-electron chi connectivity index (χ0n) is 10.9. The highest BCUT2D eigenvalue weighted by Gasteiger charge is 2.14. The van der Waals surface area contributed by atoms with Crippen molar-refractivity contribution in [1.29, 1.82) is 0 Å². The maximum atomic E-state index is 5.71. The topological polar surface area (TPSA) is 77.6 Å². The molecule has 2 N–H and O–H groups in total. The Morgan fingerprint density at radius 3 is 2.39 bits per heavy atom. The van der Waals surface area contributed by atoms with Crippen LogP contribution in [-0.2, 0) is 0 Å². The summed E-state index contributed by atoms with van der Waals surface area (Å²) in [5.41, 5.74) is 9.52. The van der Waals surface area contributed by atoms with Gasteiger partial charge in [-0.15, -0.1) is 0 Å². The molecule has 0 fully saturated rings. The van der Waals surface area contributed by atoms with Crippen LogP contribution in [0.5, 0.6) is 0 Å². The highest BCUT2D eigenvalue weighted by molar-refractivity contribution is 5.49. The normalized spacial score (nSPS) is 12.4. The van der Waals surface area contributed by atoms with Crippen LogP contribution >= 0.6 is 0 Å². The summed E-state index contributed by atoms with van der Waals surface area (Å²) in [6.45, 7) is 6.66. The molecule has 0 saturated carbocycles. The lowest BCUT2D eigenvalue weighted by Gasteiger charge is -2.15. The lowest BCUT2D eigenvalue weighted by Crippen LogP contribution is -2.14. The molecule has 0 spiro atoms. The minimum absolute atomic E-state index is 0.268. The van der Waals surface area contributed by atoms with E-state index in [9.17, 15) is 0 Å². The SMILES string of the molecule is Cc1nc(-c2ccncn2)nc(C)c1C(C)CN. The van der Waals surface area contributed by atoms with Crippen LogP contribution in [0.1, 0.15) is 29.8 Å². The van der Waals surface area contributed by atoms with Gasteiger partial charge in [0.1, 0.15) is 12.0 Å². The maximum absolute atomic E-state index is 5.71. The van der Waals surface area contributed by atoms with Crippen molar-refractivity contribution in [3.63, 3.8) is 0 Å². The second-order valence-electron chi connectivity index (χ2n) is 4.36. The molecule has 5 heteroatoms. The summed E-state index contributed by atoms with van der Waals surface area (Å²) < 4.78 is 0. The summed E-state index contributed by atoms with van der Waals surface area (Å²) in [5.74, 6) is 0.907. The molecule has 1 unspecified atom stereocenters. The van der Waals surface area contributed by atoms with Gasteiger partial charge in [-0.25, -0.2) is 19.9 Å². The quantitative estimate of drug-likeness (QED) is 0.886. The van der Waals surface area contributed by atoms with Crippen LogP contribution in [0.3, 0.4) is 0 Å². The standard InChI is InChI=1S/C13H17N5/c1-8(6-14)12-9(2)17-13(18-10(12)3)11-4-5-15-7-16-11/h4-5,7-8H,6,14H2,1-3H3. The van der Waals surface area contributed by atoms with E-state index in [2.05, 4.69) is 26.9 Å². The first-order valence-corrected chi connectivity index (χ1v) is 5.95. The van der Waals surface area contributed by atoms with E-state index >= 15 is 0 Å². The Morgan fingerprint density at radius 1 is 1.22 bits per heavy atom. The van der Waals surface area contributed by atoms with Gasteiger partial charge in [0.25, 0.3) is 0 Å². The first kappa shape index (κ1) is 12.6. The molecule has 2 rings (SSSR count). The van der Waals surface area contributed by atoms with Crippen molar-refractivity contribution < 1.29 is 0 Å². The third-order valence-electron chi connectivity index (χ3n) is 2.98. The zero-order valence-corrected chi connectivity index (χ0v) is 10.9. The number of rotatable bonds is 3. The molecular formula is C13H17N5. The molecule has 2 aromatic heterocycles. The number of hydrogen-bond donors (Lipinski definition) is 1. The fourth-order valence-electron chi connectivity index (χ4n) is 2.09. The van der Waals surface area contributed by atoms with E-state index in [4.69, 9.17) is 5.73 Å². The molecular weight excluding hydrogens is 226 g/mol. The Kier molecular flexibility index (Phi) is 3.62. The molecule has 94 valence electrons. The van der Waals surface area contributed by atoms with Crippen molar-refractivity contribution in [2.45, 2.75) is 26.7 Å². The molecule has 0 amide bonds. The summed E-state index contributed by atoms with van der Waals surface area (Å²) in [7, 11) is 0. The van der Waals surface area contributed by atoms with Gasteiger partial charge in [-0.05, 0) is 37.9 Å². The van der Waals surface area contributed by atoms with Crippen LogP contribution in [0.25, 0.3) is 11.5 Å². The average Bonchev–Trinajstić information content (AvgIpc) is 2.38. The molecule has 0 aliphatic carbocycles. The average molecular weight is 243 g/mol. The minimum Gasteiger partial charge on any atom is -0.330 e. The van der Waals surface area contributed by atoms with Crippen molar-refractivity contribution in [1.82, 2.24) is 19.9 Å². The van der Waals surface area contributed by atoms with Gasteiger partial charge < -0.3 is 5.73 Å². The van der Waals surface area contributed by atoms with Crippen molar-refractivity contribution in [3.8, 4) is 11.5 Å². The second kappa shape index (κ2) is 5.18. The summed E-state index contributed by atoms with van der Waals surface area (Å²) >= 11 is 0. The van der Waals surface area contributed by atoms with Gasteiger partial charge in [-0.3, -0.25) is 0 Å². The van der Waals surface area contributed by atoms with E-state index < -0.39 is 0 Å². The Balaban J connectivity index is 2.49. The number of nitrogens with zero attached hydrogens (tertiary/aromatic N) is 4. The monoisotopic (exact) mass is 243 g/mol. The number of aromatic nitrogens is 4. The van der Waals surface area contributed by atoms with Gasteiger partial charge in [0.05, 0.1) is 0 Å². The first-order chi connectivity index (χ1) is 8.63. The minimum atomic E-state index is 0.268. The van der Waals surface area contributed by atoms with Crippen LogP contribution in [0.15, 0.2) is 18.6 Å². The lowest BCUT2D eigenvalue weighted by molar-refractivity contribution is 0.743. The Hall–Kier alpha value is -1.88. The molecule has 0 aliphatic heterocycles. The lowest BCUT2D eigenvalue weighted by atomic mass is 9.98. The molecule has 18 heavy (non-hydrogen) atoms. The van der Waals surface area contributed by atoms with Gasteiger partial charge >= 0.3 is 0 Å². The van der Waals surface area contributed by atoms with Crippen LogP contribution in [-0.4, -0.2) is 26.5 Å². The van der Waals surface area contributed by atoms with Crippen molar-refractivity contribution in [3.05, 3.63) is 35.5 Å². The molecule has 0 saturated heterocycles. The highest BCUT2D eigenvalue weighted by atomic mass is 14.9.